The Balaban J connectivity index is 4.84. The molecule has 0 bridgehead atoms. The van der Waals surface area contributed by atoms with Crippen LogP contribution < -0.4 is 0 Å². The maximum absolute atomic E-state index is 13.0. The molecule has 0 aliphatic heterocycles. The van der Waals surface area contributed by atoms with E-state index >= 15 is 0 Å². The normalized spacial score (nSPS) is 14.2. The highest BCUT2D eigenvalue weighted by Gasteiger charge is 2.28. The third kappa shape index (κ3) is 58.3. The third-order valence-corrected chi connectivity index (χ3v) is 13.5. The van der Waals surface area contributed by atoms with Gasteiger partial charge in [0.25, 0.3) is 0 Å². The van der Waals surface area contributed by atoms with Crippen LogP contribution in [0.25, 0.3) is 0 Å². The molecule has 0 heterocycles. The predicted octanol–water partition coefficient (Wildman–Crippen LogP) is 18.9. The Kier molecular flexibility index (Phi) is 57.4. The smallest absolute Gasteiger partial charge is 0.462 e. The Bertz CT molecular complexity index is 1850. The molecule has 0 aliphatic rings. The van der Waals surface area contributed by atoms with Gasteiger partial charge in [0, 0.05) is 12.8 Å². The number of aliphatic hydroxyl groups is 1. The van der Waals surface area contributed by atoms with Gasteiger partial charge >= 0.3 is 25.7 Å². The lowest BCUT2D eigenvalue weighted by Gasteiger charge is -2.21. The lowest BCUT2D eigenvalue weighted by Crippen LogP contribution is -2.30. The highest BCUT2D eigenvalue weighted by atomic mass is 31.2. The number of hydrogen-bond acceptors (Lipinski definition) is 10. The van der Waals surface area contributed by atoms with Gasteiger partial charge in [-0.25, -0.2) is 4.57 Å². The summed E-state index contributed by atoms with van der Waals surface area (Å²) in [5.74, 6) is -1.63. The molecule has 0 radical (unpaired) electrons. The van der Waals surface area contributed by atoms with Crippen molar-refractivity contribution in [3.05, 3.63) is 134 Å². The van der Waals surface area contributed by atoms with E-state index in [9.17, 15) is 28.9 Å². The van der Waals surface area contributed by atoms with Crippen molar-refractivity contribution in [1.82, 2.24) is 0 Å². The summed E-state index contributed by atoms with van der Waals surface area (Å²) in [5.41, 5.74) is 0. The highest BCUT2D eigenvalue weighted by Crippen LogP contribution is 2.43. The minimum absolute atomic E-state index is 0.0621. The maximum Gasteiger partial charge on any atom is 0.472 e. The van der Waals surface area contributed by atoms with Gasteiger partial charge in [-0.3, -0.25) is 23.4 Å². The Labute approximate surface area is 487 Å². The molecule has 3 unspecified atom stereocenters. The molecule has 80 heavy (non-hydrogen) atoms. The Hall–Kier alpha value is -4.38. The summed E-state index contributed by atoms with van der Waals surface area (Å²) in [5, 5.41) is 9.82. The van der Waals surface area contributed by atoms with E-state index in [1.54, 1.807) is 6.08 Å². The summed E-state index contributed by atoms with van der Waals surface area (Å²) in [6, 6.07) is 0. The van der Waals surface area contributed by atoms with Gasteiger partial charge in [0.2, 0.25) is 0 Å². The number of hydrogen-bond donors (Lipinski definition) is 2. The molecular weight excluding hydrogens is 1020 g/mol. The number of unbranched alkanes of at least 4 members (excludes halogenated alkanes) is 18. The molecule has 0 amide bonds. The fraction of sp³-hybridized carbons (Fsp3) is 0.632. The van der Waals surface area contributed by atoms with Crippen LogP contribution >= 0.6 is 7.82 Å². The largest absolute Gasteiger partial charge is 0.472 e. The Morgan fingerprint density at radius 3 is 1.10 bits per heavy atom. The number of allylic oxidation sites excluding steroid dienone is 21. The van der Waals surface area contributed by atoms with Crippen molar-refractivity contribution in [3.63, 3.8) is 0 Å². The van der Waals surface area contributed by atoms with E-state index in [1.807, 2.05) is 18.2 Å². The number of carbonyl (C=O) groups is 3. The molecule has 0 aromatic rings. The monoisotopic (exact) mass is 1130 g/mol. The predicted molar refractivity (Wildman–Crippen MR) is 334 cm³/mol. The van der Waals surface area contributed by atoms with Crippen LogP contribution in [0.3, 0.4) is 0 Å². The first kappa shape index (κ1) is 75.6. The van der Waals surface area contributed by atoms with Crippen LogP contribution in [-0.4, -0.2) is 66.5 Å². The molecule has 0 aromatic heterocycles. The minimum atomic E-state index is -4.79. The number of ether oxygens (including phenoxy) is 3. The summed E-state index contributed by atoms with van der Waals surface area (Å²) in [7, 11) is -4.79. The van der Waals surface area contributed by atoms with Crippen molar-refractivity contribution in [2.45, 2.75) is 251 Å². The quantitative estimate of drug-likeness (QED) is 0.0197. The second kappa shape index (κ2) is 60.7. The van der Waals surface area contributed by atoms with E-state index in [0.29, 0.717) is 19.3 Å². The van der Waals surface area contributed by atoms with Gasteiger partial charge in [-0.05, 0) is 116 Å². The van der Waals surface area contributed by atoms with E-state index in [4.69, 9.17) is 23.3 Å². The zero-order chi connectivity index (χ0) is 58.3. The number of esters is 3. The lowest BCUT2D eigenvalue weighted by atomic mass is 10.1. The van der Waals surface area contributed by atoms with Gasteiger partial charge in [-0.15, -0.1) is 0 Å². The molecule has 0 saturated carbocycles. The van der Waals surface area contributed by atoms with E-state index in [0.717, 1.165) is 128 Å². The van der Waals surface area contributed by atoms with Crippen molar-refractivity contribution in [2.24, 2.45) is 0 Å². The van der Waals surface area contributed by atoms with Gasteiger partial charge in [-0.1, -0.05) is 238 Å². The number of phosphoric ester groups is 1. The molecule has 0 fully saturated rings. The molecule has 3 atom stereocenters. The van der Waals surface area contributed by atoms with Gasteiger partial charge in [-0.2, -0.15) is 0 Å². The van der Waals surface area contributed by atoms with Gasteiger partial charge in [0.15, 0.2) is 6.10 Å². The zero-order valence-electron chi connectivity index (χ0n) is 50.2. The standard InChI is InChI=1S/C68H111O11P/c1-4-7-10-13-16-19-22-25-28-30-32-34-37-39-42-45-48-51-54-57-66(70)75-61-65(79-68(72)59-56-53-50-47-44-41-38-35-33-31-29-26-23-20-17-14-11-8-5-2)63-77-80(73,74)76-62-64(60-69)78-67(71)58-55-52-49-46-43-40-36-27-24-21-18-15-12-9-6-3/h7,9-10,12,16-21,25-29,32,34,36,43,46,52,55,64-65,69H,4-6,8,11,13-15,22-24,30-31,33,35,37-42,44-45,47-51,53-54,56-63H2,1-3H3,(H,73,74)/b10-7-,12-9-,19-16-,20-17-,21-18-,28-25-,29-26-,34-32-,36-27-,46-43-,55-52-. The SMILES string of the molecule is CC/C=C\C/C=C\C/C=C\C/C=C\C/C=C\CC(=O)OC(CO)COP(=O)(O)OCC(COC(=O)CCCCCCCC/C=C\C/C=C\C/C=C\C/C=C\CC)OC(=O)CCCCCCCCCCC/C=C\C/C=C\CCCCC. The second-order valence-corrected chi connectivity index (χ2v) is 21.6. The van der Waals surface area contributed by atoms with E-state index in [2.05, 4.69) is 130 Å². The van der Waals surface area contributed by atoms with Crippen LogP contribution in [0.2, 0.25) is 0 Å². The summed E-state index contributed by atoms with van der Waals surface area (Å²) >= 11 is 0. The molecule has 0 saturated heterocycles. The fourth-order valence-electron chi connectivity index (χ4n) is 7.92. The zero-order valence-corrected chi connectivity index (χ0v) is 51.1. The van der Waals surface area contributed by atoms with E-state index in [-0.39, 0.29) is 25.9 Å². The van der Waals surface area contributed by atoms with Gasteiger partial charge in [0.05, 0.1) is 26.2 Å². The van der Waals surface area contributed by atoms with Crippen LogP contribution in [0.1, 0.15) is 239 Å². The average molecular weight is 1140 g/mol. The summed E-state index contributed by atoms with van der Waals surface area (Å²) < 4.78 is 39.5. The number of phosphoric acid groups is 1. The Morgan fingerprint density at radius 2 is 0.700 bits per heavy atom. The first-order valence-electron chi connectivity index (χ1n) is 31.1. The molecule has 0 aromatic carbocycles. The molecule has 0 spiro atoms. The second-order valence-electron chi connectivity index (χ2n) is 20.1. The molecule has 12 heteroatoms. The molecular formula is C68H111O11P. The van der Waals surface area contributed by atoms with E-state index < -0.39 is 57.8 Å². The van der Waals surface area contributed by atoms with Crippen LogP contribution in [0.5, 0.6) is 0 Å². The van der Waals surface area contributed by atoms with E-state index in [1.165, 1.54) is 51.4 Å². The molecule has 2 N–H and O–H groups in total. The van der Waals surface area contributed by atoms with Crippen LogP contribution in [0, 0.1) is 0 Å². The topological polar surface area (TPSA) is 155 Å². The van der Waals surface area contributed by atoms with Crippen molar-refractivity contribution in [2.75, 3.05) is 26.4 Å². The first-order valence-corrected chi connectivity index (χ1v) is 32.6. The van der Waals surface area contributed by atoms with Crippen molar-refractivity contribution < 1.29 is 52.2 Å². The molecule has 0 rings (SSSR count). The van der Waals surface area contributed by atoms with Crippen molar-refractivity contribution in [1.29, 1.82) is 0 Å². The van der Waals surface area contributed by atoms with Crippen molar-refractivity contribution >= 4 is 25.7 Å². The summed E-state index contributed by atoms with van der Waals surface area (Å²) in [6.07, 6.45) is 77.1. The van der Waals surface area contributed by atoms with Crippen LogP contribution in [-0.2, 0) is 42.2 Å². The third-order valence-electron chi connectivity index (χ3n) is 12.6. The molecule has 11 nitrogen and oxygen atoms in total. The highest BCUT2D eigenvalue weighted by molar-refractivity contribution is 7.47. The lowest BCUT2D eigenvalue weighted by molar-refractivity contribution is -0.161. The van der Waals surface area contributed by atoms with Crippen molar-refractivity contribution in [3.8, 4) is 0 Å². The molecule has 0 aliphatic carbocycles. The van der Waals surface area contributed by atoms with Gasteiger partial charge < -0.3 is 24.2 Å². The first-order chi connectivity index (χ1) is 39.2. The Morgan fingerprint density at radius 1 is 0.375 bits per heavy atom. The molecule has 454 valence electrons. The summed E-state index contributed by atoms with van der Waals surface area (Å²) in [4.78, 5) is 48.7. The average Bonchev–Trinajstić information content (AvgIpc) is 3.45. The maximum atomic E-state index is 13.0. The number of rotatable bonds is 56. The summed E-state index contributed by atoms with van der Waals surface area (Å²) in [6.45, 7) is 4.26. The number of aliphatic hydroxyl groups excluding tert-OH is 1. The van der Waals surface area contributed by atoms with Crippen LogP contribution in [0.15, 0.2) is 134 Å². The van der Waals surface area contributed by atoms with Gasteiger partial charge in [0.1, 0.15) is 12.7 Å². The van der Waals surface area contributed by atoms with Crippen LogP contribution in [0.4, 0.5) is 0 Å². The number of carbonyl (C=O) groups excluding carboxylic acids is 3. The minimum Gasteiger partial charge on any atom is -0.462 e. The fourth-order valence-corrected chi connectivity index (χ4v) is 8.71.